The van der Waals surface area contributed by atoms with Crippen molar-refractivity contribution in [2.45, 2.75) is 45.8 Å². The van der Waals surface area contributed by atoms with E-state index in [0.29, 0.717) is 13.2 Å². The Kier molecular flexibility index (Phi) is 6.45. The first-order valence-corrected chi connectivity index (χ1v) is 6.88. The Balaban J connectivity index is 2.12. The lowest BCUT2D eigenvalue weighted by atomic mass is 10.2. The lowest BCUT2D eigenvalue weighted by Crippen LogP contribution is -2.33. The van der Waals surface area contributed by atoms with E-state index >= 15 is 0 Å². The standard InChI is InChI=1S/C15H24N2O3/c1-12(13-8-5-6-9-16-13)19-11-7-10-17-14(18)20-15(2,3)4/h5-6,8-9,12H,7,10-11H2,1-4H3,(H,17,18). The van der Waals surface area contributed by atoms with Crippen LogP contribution in [0.4, 0.5) is 4.79 Å². The summed E-state index contributed by atoms with van der Waals surface area (Å²) in [6, 6.07) is 5.75. The number of nitrogens with one attached hydrogen (secondary N) is 1. The molecule has 1 amide bonds. The molecule has 5 nitrogen and oxygen atoms in total. The topological polar surface area (TPSA) is 60.5 Å². The van der Waals surface area contributed by atoms with Crippen molar-refractivity contribution in [3.8, 4) is 0 Å². The van der Waals surface area contributed by atoms with Gasteiger partial charge in [-0.3, -0.25) is 4.98 Å². The van der Waals surface area contributed by atoms with E-state index in [0.717, 1.165) is 12.1 Å². The van der Waals surface area contributed by atoms with Gasteiger partial charge in [-0.25, -0.2) is 4.79 Å². The van der Waals surface area contributed by atoms with Gasteiger partial charge in [0.05, 0.1) is 11.8 Å². The number of hydrogen-bond donors (Lipinski definition) is 1. The third-order valence-electron chi connectivity index (χ3n) is 2.46. The van der Waals surface area contributed by atoms with E-state index in [1.807, 2.05) is 45.9 Å². The summed E-state index contributed by atoms with van der Waals surface area (Å²) in [5, 5.41) is 2.70. The van der Waals surface area contributed by atoms with Crippen LogP contribution in [0.15, 0.2) is 24.4 Å². The molecule has 1 N–H and O–H groups in total. The van der Waals surface area contributed by atoms with E-state index in [4.69, 9.17) is 9.47 Å². The highest BCUT2D eigenvalue weighted by Gasteiger charge is 2.15. The van der Waals surface area contributed by atoms with E-state index in [-0.39, 0.29) is 6.10 Å². The summed E-state index contributed by atoms with van der Waals surface area (Å²) in [4.78, 5) is 15.6. The van der Waals surface area contributed by atoms with Crippen LogP contribution in [0, 0.1) is 0 Å². The lowest BCUT2D eigenvalue weighted by molar-refractivity contribution is 0.0483. The van der Waals surface area contributed by atoms with E-state index in [1.54, 1.807) is 6.20 Å². The molecule has 1 rings (SSSR count). The molecule has 1 atom stereocenters. The molecule has 5 heteroatoms. The number of rotatable bonds is 6. The normalized spacial score (nSPS) is 12.8. The molecule has 1 aromatic rings. The molecular formula is C15H24N2O3. The summed E-state index contributed by atoms with van der Waals surface area (Å²) < 4.78 is 10.8. The number of hydrogen-bond acceptors (Lipinski definition) is 4. The van der Waals surface area contributed by atoms with Crippen molar-refractivity contribution in [2.24, 2.45) is 0 Å². The zero-order valence-corrected chi connectivity index (χ0v) is 12.7. The molecular weight excluding hydrogens is 256 g/mol. The second-order valence-corrected chi connectivity index (χ2v) is 5.55. The number of amides is 1. The Morgan fingerprint density at radius 1 is 1.40 bits per heavy atom. The van der Waals surface area contributed by atoms with E-state index in [1.165, 1.54) is 0 Å². The Morgan fingerprint density at radius 2 is 2.15 bits per heavy atom. The predicted molar refractivity (Wildman–Crippen MR) is 77.5 cm³/mol. The first kappa shape index (κ1) is 16.4. The van der Waals surface area contributed by atoms with Crippen LogP contribution >= 0.6 is 0 Å². The van der Waals surface area contributed by atoms with E-state index < -0.39 is 11.7 Å². The van der Waals surface area contributed by atoms with Gasteiger partial charge in [-0.15, -0.1) is 0 Å². The molecule has 1 aromatic heterocycles. The van der Waals surface area contributed by atoms with Crippen LogP contribution in [0.25, 0.3) is 0 Å². The fourth-order valence-corrected chi connectivity index (χ4v) is 1.54. The smallest absolute Gasteiger partial charge is 0.407 e. The monoisotopic (exact) mass is 280 g/mol. The van der Waals surface area contributed by atoms with Gasteiger partial charge in [0.1, 0.15) is 5.60 Å². The highest BCUT2D eigenvalue weighted by molar-refractivity contribution is 5.67. The number of alkyl carbamates (subject to hydrolysis) is 1. The zero-order valence-electron chi connectivity index (χ0n) is 12.7. The lowest BCUT2D eigenvalue weighted by Gasteiger charge is -2.19. The molecule has 0 fully saturated rings. The molecule has 1 heterocycles. The van der Waals surface area contributed by atoms with Gasteiger partial charge in [0, 0.05) is 19.3 Å². The van der Waals surface area contributed by atoms with Crippen LogP contribution in [0.1, 0.15) is 45.9 Å². The minimum atomic E-state index is -0.464. The van der Waals surface area contributed by atoms with Gasteiger partial charge in [-0.2, -0.15) is 0 Å². The number of pyridine rings is 1. The predicted octanol–water partition coefficient (Wildman–Crippen LogP) is 3.07. The summed E-state index contributed by atoms with van der Waals surface area (Å²) >= 11 is 0. The van der Waals surface area contributed by atoms with Crippen LogP contribution in [-0.4, -0.2) is 29.8 Å². The SMILES string of the molecule is CC(OCCCNC(=O)OC(C)(C)C)c1ccccn1. The minimum absolute atomic E-state index is 0.0438. The number of nitrogens with zero attached hydrogens (tertiary/aromatic N) is 1. The Morgan fingerprint density at radius 3 is 2.75 bits per heavy atom. The second kappa shape index (κ2) is 7.85. The summed E-state index contributed by atoms with van der Waals surface area (Å²) in [5.41, 5.74) is 0.446. The fourth-order valence-electron chi connectivity index (χ4n) is 1.54. The molecule has 0 bridgehead atoms. The van der Waals surface area contributed by atoms with Crippen molar-refractivity contribution < 1.29 is 14.3 Å². The quantitative estimate of drug-likeness (QED) is 0.813. The summed E-state index contributed by atoms with van der Waals surface area (Å²) in [7, 11) is 0. The largest absolute Gasteiger partial charge is 0.444 e. The maximum atomic E-state index is 11.4. The molecule has 0 aliphatic heterocycles. The number of ether oxygens (including phenoxy) is 2. The Hall–Kier alpha value is -1.62. The maximum absolute atomic E-state index is 11.4. The molecule has 20 heavy (non-hydrogen) atoms. The molecule has 0 saturated carbocycles. The van der Waals surface area contributed by atoms with Gasteiger partial charge in [0.25, 0.3) is 0 Å². The number of carbonyl (C=O) groups is 1. The average Bonchev–Trinajstić information content (AvgIpc) is 2.37. The number of carbonyl (C=O) groups excluding carboxylic acids is 1. The van der Waals surface area contributed by atoms with Gasteiger partial charge < -0.3 is 14.8 Å². The molecule has 0 aromatic carbocycles. The van der Waals surface area contributed by atoms with Gasteiger partial charge in [0.15, 0.2) is 0 Å². The Labute approximate surface area is 120 Å². The molecule has 0 aliphatic carbocycles. The van der Waals surface area contributed by atoms with Gasteiger partial charge >= 0.3 is 6.09 Å². The molecule has 0 saturated heterocycles. The Bertz CT molecular complexity index is 401. The van der Waals surface area contributed by atoms with Crippen LogP contribution in [0.5, 0.6) is 0 Å². The molecule has 112 valence electrons. The first-order chi connectivity index (χ1) is 9.38. The van der Waals surface area contributed by atoms with Crippen molar-refractivity contribution in [3.05, 3.63) is 30.1 Å². The van der Waals surface area contributed by atoms with Gasteiger partial charge in [-0.1, -0.05) is 6.07 Å². The van der Waals surface area contributed by atoms with E-state index in [9.17, 15) is 4.79 Å². The number of aromatic nitrogens is 1. The third kappa shape index (κ3) is 7.09. The van der Waals surface area contributed by atoms with Crippen molar-refractivity contribution in [1.82, 2.24) is 10.3 Å². The summed E-state index contributed by atoms with van der Waals surface area (Å²) in [6.07, 6.45) is 2.04. The molecule has 1 unspecified atom stereocenters. The average molecular weight is 280 g/mol. The zero-order chi connectivity index (χ0) is 15.0. The summed E-state index contributed by atoms with van der Waals surface area (Å²) in [5.74, 6) is 0. The van der Waals surface area contributed by atoms with Crippen molar-refractivity contribution in [3.63, 3.8) is 0 Å². The van der Waals surface area contributed by atoms with Gasteiger partial charge in [-0.05, 0) is 46.2 Å². The molecule has 0 radical (unpaired) electrons. The highest BCUT2D eigenvalue weighted by Crippen LogP contribution is 2.13. The van der Waals surface area contributed by atoms with Crippen molar-refractivity contribution >= 4 is 6.09 Å². The van der Waals surface area contributed by atoms with Crippen LogP contribution < -0.4 is 5.32 Å². The van der Waals surface area contributed by atoms with Gasteiger partial charge in [0.2, 0.25) is 0 Å². The summed E-state index contributed by atoms with van der Waals surface area (Å²) in [6.45, 7) is 8.57. The maximum Gasteiger partial charge on any atom is 0.407 e. The third-order valence-corrected chi connectivity index (χ3v) is 2.46. The minimum Gasteiger partial charge on any atom is -0.444 e. The van der Waals surface area contributed by atoms with Crippen LogP contribution in [-0.2, 0) is 9.47 Å². The highest BCUT2D eigenvalue weighted by atomic mass is 16.6. The van der Waals surface area contributed by atoms with E-state index in [2.05, 4.69) is 10.3 Å². The first-order valence-electron chi connectivity index (χ1n) is 6.88. The second-order valence-electron chi connectivity index (χ2n) is 5.55. The van der Waals surface area contributed by atoms with Crippen molar-refractivity contribution in [1.29, 1.82) is 0 Å². The fraction of sp³-hybridized carbons (Fsp3) is 0.600. The van der Waals surface area contributed by atoms with Crippen molar-refractivity contribution in [2.75, 3.05) is 13.2 Å². The molecule has 0 spiro atoms. The van der Waals surface area contributed by atoms with Crippen LogP contribution in [0.2, 0.25) is 0 Å². The molecule has 0 aliphatic rings. The van der Waals surface area contributed by atoms with Crippen LogP contribution in [0.3, 0.4) is 0 Å².